The SMILES string of the molecule is [2H]c1c([2H])c([2H])c(-c2c([2H])c([2H])c(-c3c4ccccc4c(-c4ccc5oc6ccc7ccccc7c6c5c4)c4ccccc34)c([2H])c2[2H])c([2H])c1[2H]. The van der Waals surface area contributed by atoms with Crippen LogP contribution in [0.3, 0.4) is 0 Å². The molecule has 0 N–H and O–H groups in total. The van der Waals surface area contributed by atoms with E-state index in [0.29, 0.717) is 5.56 Å². The normalized spacial score (nSPS) is 14.7. The maximum atomic E-state index is 9.28. The predicted octanol–water partition coefficient (Wildman–Crippen LogP) is 12.0. The van der Waals surface area contributed by atoms with E-state index in [1.54, 1.807) is 0 Å². The van der Waals surface area contributed by atoms with Crippen LogP contribution in [0.2, 0.25) is 0 Å². The van der Waals surface area contributed by atoms with E-state index in [-0.39, 0.29) is 28.8 Å². The van der Waals surface area contributed by atoms with Gasteiger partial charge in [-0.3, -0.25) is 0 Å². The van der Waals surface area contributed by atoms with Gasteiger partial charge in [0.25, 0.3) is 0 Å². The van der Waals surface area contributed by atoms with E-state index in [2.05, 4.69) is 24.3 Å². The van der Waals surface area contributed by atoms with Crippen molar-refractivity contribution in [3.63, 3.8) is 0 Å². The van der Waals surface area contributed by atoms with Gasteiger partial charge >= 0.3 is 0 Å². The zero-order valence-electron chi connectivity index (χ0n) is 31.7. The summed E-state index contributed by atoms with van der Waals surface area (Å²) in [7, 11) is 0. The van der Waals surface area contributed by atoms with Gasteiger partial charge in [-0.1, -0.05) is 139 Å². The molecule has 0 amide bonds. The van der Waals surface area contributed by atoms with Gasteiger partial charge in [0, 0.05) is 10.8 Å². The Hall–Kier alpha value is -5.66. The van der Waals surface area contributed by atoms with Crippen molar-refractivity contribution in [3.8, 4) is 33.4 Å². The summed E-state index contributed by atoms with van der Waals surface area (Å²) in [5, 5.41) is 7.34. The fourth-order valence-electron chi connectivity index (χ4n) is 6.35. The average molecular weight is 556 g/mol. The predicted molar refractivity (Wildman–Crippen MR) is 183 cm³/mol. The molecule has 8 aromatic carbocycles. The van der Waals surface area contributed by atoms with Crippen molar-refractivity contribution in [3.05, 3.63) is 158 Å². The number of hydrogen-bond acceptors (Lipinski definition) is 1. The van der Waals surface area contributed by atoms with Gasteiger partial charge in [-0.2, -0.15) is 0 Å². The monoisotopic (exact) mass is 555 g/mol. The molecule has 1 heterocycles. The molecular formula is C42H26O. The molecule has 0 aliphatic carbocycles. The summed E-state index contributed by atoms with van der Waals surface area (Å²) >= 11 is 0. The van der Waals surface area contributed by atoms with Crippen LogP contribution < -0.4 is 0 Å². The summed E-state index contributed by atoms with van der Waals surface area (Å²) in [6, 6.07) is 29.1. The zero-order valence-corrected chi connectivity index (χ0v) is 22.7. The summed E-state index contributed by atoms with van der Waals surface area (Å²) in [6.07, 6.45) is 0. The molecule has 43 heavy (non-hydrogen) atoms. The first-order valence-corrected chi connectivity index (χ1v) is 14.0. The lowest BCUT2D eigenvalue weighted by Gasteiger charge is -2.18. The van der Waals surface area contributed by atoms with E-state index < -0.39 is 42.3 Å². The second kappa shape index (κ2) is 9.44. The van der Waals surface area contributed by atoms with Crippen LogP contribution in [-0.4, -0.2) is 0 Å². The first kappa shape index (κ1) is 16.7. The second-order valence-corrected chi connectivity index (χ2v) is 10.6. The quantitative estimate of drug-likeness (QED) is 0.198. The maximum Gasteiger partial charge on any atom is 0.136 e. The minimum atomic E-state index is -0.612. The molecule has 0 bridgehead atoms. The van der Waals surface area contributed by atoms with Crippen LogP contribution in [0.25, 0.3) is 87.6 Å². The highest BCUT2D eigenvalue weighted by Gasteiger charge is 2.18. The fourth-order valence-corrected chi connectivity index (χ4v) is 6.35. The average Bonchev–Trinajstić information content (AvgIpc) is 3.55. The fraction of sp³-hybridized carbons (Fsp3) is 0. The van der Waals surface area contributed by atoms with E-state index in [1.165, 1.54) is 0 Å². The lowest BCUT2D eigenvalue weighted by atomic mass is 9.85. The Kier molecular flexibility index (Phi) is 3.67. The molecule has 0 aliphatic rings. The Morgan fingerprint density at radius 3 is 1.60 bits per heavy atom. The van der Waals surface area contributed by atoms with Crippen molar-refractivity contribution < 1.29 is 16.8 Å². The van der Waals surface area contributed by atoms with Crippen LogP contribution in [-0.2, 0) is 0 Å². The van der Waals surface area contributed by atoms with Gasteiger partial charge in [0.2, 0.25) is 0 Å². The molecule has 9 aromatic rings. The van der Waals surface area contributed by atoms with Crippen molar-refractivity contribution in [1.82, 2.24) is 0 Å². The Morgan fingerprint density at radius 1 is 0.395 bits per heavy atom. The minimum Gasteiger partial charge on any atom is -0.456 e. The molecule has 1 heteroatoms. The van der Waals surface area contributed by atoms with Crippen LogP contribution in [0.5, 0.6) is 0 Å². The van der Waals surface area contributed by atoms with Gasteiger partial charge in [-0.05, 0) is 83.9 Å². The number of fused-ring (bicyclic) bond motifs is 7. The molecule has 0 fully saturated rings. The highest BCUT2D eigenvalue weighted by atomic mass is 16.3. The number of rotatable bonds is 3. The largest absolute Gasteiger partial charge is 0.456 e. The first-order valence-electron chi connectivity index (χ1n) is 18.5. The Balaban J connectivity index is 1.36. The van der Waals surface area contributed by atoms with Crippen molar-refractivity contribution in [1.29, 1.82) is 0 Å². The molecule has 0 aliphatic heterocycles. The van der Waals surface area contributed by atoms with Crippen molar-refractivity contribution in [2.45, 2.75) is 0 Å². The lowest BCUT2D eigenvalue weighted by Crippen LogP contribution is -1.91. The van der Waals surface area contributed by atoms with Crippen LogP contribution in [0.1, 0.15) is 12.3 Å². The van der Waals surface area contributed by atoms with Gasteiger partial charge in [-0.25, -0.2) is 0 Å². The van der Waals surface area contributed by atoms with Crippen LogP contribution in [0, 0.1) is 0 Å². The molecule has 0 atom stereocenters. The molecule has 0 radical (unpaired) electrons. The van der Waals surface area contributed by atoms with Gasteiger partial charge in [-0.15, -0.1) is 0 Å². The smallest absolute Gasteiger partial charge is 0.136 e. The van der Waals surface area contributed by atoms with Crippen LogP contribution in [0.4, 0.5) is 0 Å². The second-order valence-electron chi connectivity index (χ2n) is 10.6. The summed E-state index contributed by atoms with van der Waals surface area (Å²) in [5.74, 6) is 0. The summed E-state index contributed by atoms with van der Waals surface area (Å²) in [5.41, 5.74) is 3.32. The number of hydrogen-bond donors (Lipinski definition) is 0. The molecule has 0 unspecified atom stereocenters. The van der Waals surface area contributed by atoms with Gasteiger partial charge in [0.15, 0.2) is 0 Å². The van der Waals surface area contributed by atoms with Crippen LogP contribution in [0.15, 0.2) is 162 Å². The van der Waals surface area contributed by atoms with Crippen molar-refractivity contribution >= 4 is 54.3 Å². The molecule has 0 saturated carbocycles. The molecule has 200 valence electrons. The summed E-state index contributed by atoms with van der Waals surface area (Å²) in [6.45, 7) is 0. The highest BCUT2D eigenvalue weighted by Crippen LogP contribution is 2.45. The molecule has 1 aromatic heterocycles. The lowest BCUT2D eigenvalue weighted by molar-refractivity contribution is 0.669. The topological polar surface area (TPSA) is 13.1 Å². The third kappa shape index (κ3) is 3.72. The molecule has 0 saturated heterocycles. The Bertz CT molecular complexity index is 2900. The Morgan fingerprint density at radius 2 is 0.930 bits per heavy atom. The maximum absolute atomic E-state index is 9.28. The van der Waals surface area contributed by atoms with E-state index in [1.807, 2.05) is 78.9 Å². The van der Waals surface area contributed by atoms with Crippen molar-refractivity contribution in [2.24, 2.45) is 0 Å². The molecule has 0 spiro atoms. The van der Waals surface area contributed by atoms with Crippen molar-refractivity contribution in [2.75, 3.05) is 0 Å². The molecule has 1 nitrogen and oxygen atoms in total. The standard InChI is InChI=1S/C42H26O/c1-2-10-27(11-3-1)28-18-20-30(21-19-28)40-33-14-6-8-16-35(33)41(36-17-9-7-15-34(36)40)31-23-24-38-37(26-31)42-32-13-5-4-12-29(32)22-25-39(42)43-38/h1-26H/i1D,2D,3D,10D,11D,18D,19D,20D,21D. The Labute approximate surface area is 261 Å². The van der Waals surface area contributed by atoms with E-state index >= 15 is 0 Å². The third-order valence-electron chi connectivity index (χ3n) is 8.20. The van der Waals surface area contributed by atoms with E-state index in [0.717, 1.165) is 65.4 Å². The van der Waals surface area contributed by atoms with E-state index in [4.69, 9.17) is 14.0 Å². The number of furan rings is 1. The van der Waals surface area contributed by atoms with Crippen LogP contribution >= 0.6 is 0 Å². The third-order valence-corrected chi connectivity index (χ3v) is 8.20. The highest BCUT2D eigenvalue weighted by molar-refractivity contribution is 6.23. The molecule has 9 rings (SSSR count). The molecular weight excluding hydrogens is 520 g/mol. The van der Waals surface area contributed by atoms with E-state index in [9.17, 15) is 2.74 Å². The van der Waals surface area contributed by atoms with Gasteiger partial charge < -0.3 is 4.42 Å². The first-order chi connectivity index (χ1) is 25.1. The van der Waals surface area contributed by atoms with Gasteiger partial charge in [0.1, 0.15) is 11.2 Å². The van der Waals surface area contributed by atoms with Gasteiger partial charge in [0.05, 0.1) is 12.3 Å². The number of benzene rings is 8. The summed E-state index contributed by atoms with van der Waals surface area (Å²) in [4.78, 5) is 0. The zero-order chi connectivity index (χ0) is 36.2. The summed E-state index contributed by atoms with van der Waals surface area (Å²) < 4.78 is 84.4. The minimum absolute atomic E-state index is 0.0628.